The van der Waals surface area contributed by atoms with Gasteiger partial charge in [-0.05, 0) is 24.3 Å². The first-order chi connectivity index (χ1) is 16.4. The van der Waals surface area contributed by atoms with Crippen molar-refractivity contribution in [1.29, 1.82) is 0 Å². The lowest BCUT2D eigenvalue weighted by Crippen LogP contribution is -2.36. The third kappa shape index (κ3) is 3.91. The quantitative estimate of drug-likeness (QED) is 0.325. The summed E-state index contributed by atoms with van der Waals surface area (Å²) in [6.45, 7) is 2.31. The first-order valence-corrected chi connectivity index (χ1v) is 10.8. The number of aliphatic imine (C=N–C) groups is 1. The molecular formula is C22H19ClN6O5. The van der Waals surface area contributed by atoms with Gasteiger partial charge in [-0.1, -0.05) is 23.7 Å². The molecule has 0 amide bonds. The molecule has 2 aromatic carbocycles. The molecule has 2 aromatic heterocycles. The molecule has 11 nitrogen and oxygen atoms in total. The van der Waals surface area contributed by atoms with Crippen molar-refractivity contribution in [2.75, 3.05) is 31.2 Å². The molecule has 3 heterocycles. The van der Waals surface area contributed by atoms with Gasteiger partial charge in [0.2, 0.25) is 5.88 Å². The van der Waals surface area contributed by atoms with Crippen LogP contribution in [0, 0.1) is 0 Å². The molecule has 5 rings (SSSR count). The fourth-order valence-corrected chi connectivity index (χ4v) is 4.09. The minimum atomic E-state index is -0.840. The Balaban J connectivity index is 1.65. The first kappa shape index (κ1) is 21.7. The summed E-state index contributed by atoms with van der Waals surface area (Å²) in [4.78, 5) is 50.8. The van der Waals surface area contributed by atoms with Crippen LogP contribution in [0.5, 0.6) is 5.88 Å². The van der Waals surface area contributed by atoms with Crippen molar-refractivity contribution in [3.05, 3.63) is 78.3 Å². The largest absolute Gasteiger partial charge is 0.493 e. The molecule has 0 atom stereocenters. The van der Waals surface area contributed by atoms with Crippen LogP contribution in [0.15, 0.2) is 55.8 Å². The average molecular weight is 483 g/mol. The highest BCUT2D eigenvalue weighted by Gasteiger charge is 2.19. The molecule has 0 saturated carbocycles. The number of aromatic nitrogens is 4. The molecule has 1 fully saturated rings. The predicted molar refractivity (Wildman–Crippen MR) is 129 cm³/mol. The third-order valence-electron chi connectivity index (χ3n) is 5.51. The zero-order valence-corrected chi connectivity index (χ0v) is 18.4. The van der Waals surface area contributed by atoms with Crippen molar-refractivity contribution in [3.63, 3.8) is 0 Å². The monoisotopic (exact) mass is 482 g/mol. The number of fused-ring (bicyclic) bond motifs is 1. The zero-order valence-electron chi connectivity index (χ0n) is 17.7. The standard InChI is InChI=1S/C22H19ClN6O5/c23-13-3-1-2-4-17(13)29-20(31)12(19(30)27-22(29)33)11-24-16-9-14-15(26-21(32)25-14)10-18(16)28-5-7-34-8-6-28/h1-4,9-11,31H,5-8H2,(H2,25,26,32)(H,27,30,33). The van der Waals surface area contributed by atoms with Gasteiger partial charge in [0.05, 0.1) is 46.3 Å². The number of hydrogen-bond donors (Lipinski definition) is 4. The van der Waals surface area contributed by atoms with Gasteiger partial charge in [-0.25, -0.2) is 14.2 Å². The average Bonchev–Trinajstić information content (AvgIpc) is 3.19. The highest BCUT2D eigenvalue weighted by atomic mass is 35.5. The van der Waals surface area contributed by atoms with E-state index in [1.807, 2.05) is 0 Å². The molecule has 0 bridgehead atoms. The summed E-state index contributed by atoms with van der Waals surface area (Å²) in [5.74, 6) is -0.602. The first-order valence-electron chi connectivity index (χ1n) is 10.4. The summed E-state index contributed by atoms with van der Waals surface area (Å²) < 4.78 is 6.33. The van der Waals surface area contributed by atoms with Crippen LogP contribution >= 0.6 is 11.6 Å². The van der Waals surface area contributed by atoms with Crippen LogP contribution in [-0.2, 0) is 4.74 Å². The van der Waals surface area contributed by atoms with E-state index in [0.29, 0.717) is 43.0 Å². The number of nitrogens with zero attached hydrogens (tertiary/aromatic N) is 3. The van der Waals surface area contributed by atoms with Crippen molar-refractivity contribution in [1.82, 2.24) is 19.5 Å². The lowest BCUT2D eigenvalue weighted by molar-refractivity contribution is 0.123. The van der Waals surface area contributed by atoms with Gasteiger partial charge in [-0.15, -0.1) is 0 Å². The maximum Gasteiger partial charge on any atom is 0.335 e. The second-order valence-electron chi connectivity index (χ2n) is 7.61. The number of hydrogen-bond acceptors (Lipinski definition) is 7. The lowest BCUT2D eigenvalue weighted by Gasteiger charge is -2.29. The van der Waals surface area contributed by atoms with Crippen molar-refractivity contribution < 1.29 is 9.84 Å². The Labute approximate surface area is 195 Å². The fraction of sp³-hybridized carbons (Fsp3) is 0.182. The predicted octanol–water partition coefficient (Wildman–Crippen LogP) is 1.64. The van der Waals surface area contributed by atoms with E-state index >= 15 is 0 Å². The van der Waals surface area contributed by atoms with Gasteiger partial charge in [0.25, 0.3) is 5.56 Å². The van der Waals surface area contributed by atoms with Crippen LogP contribution in [0.25, 0.3) is 16.7 Å². The van der Waals surface area contributed by atoms with Crippen LogP contribution in [0.4, 0.5) is 11.4 Å². The molecule has 0 unspecified atom stereocenters. The number of morpholine rings is 1. The maximum atomic E-state index is 12.5. The lowest BCUT2D eigenvalue weighted by atomic mass is 10.2. The SMILES string of the molecule is O=c1[nH]c2cc(N=Cc3c(O)n(-c4ccccc4Cl)c(=O)[nH]c3=O)c(N3CCOCC3)cc2[nH]1. The zero-order chi connectivity index (χ0) is 23.8. The summed E-state index contributed by atoms with van der Waals surface area (Å²) >= 11 is 6.19. The highest BCUT2D eigenvalue weighted by molar-refractivity contribution is 6.32. The van der Waals surface area contributed by atoms with Crippen LogP contribution < -0.4 is 21.8 Å². The van der Waals surface area contributed by atoms with E-state index in [-0.39, 0.29) is 22.0 Å². The number of benzene rings is 2. The summed E-state index contributed by atoms with van der Waals surface area (Å²) in [5, 5.41) is 11.0. The normalized spacial score (nSPS) is 14.3. The van der Waals surface area contributed by atoms with Gasteiger partial charge < -0.3 is 24.7 Å². The maximum absolute atomic E-state index is 12.5. The van der Waals surface area contributed by atoms with E-state index in [4.69, 9.17) is 16.3 Å². The number of imidazole rings is 1. The van der Waals surface area contributed by atoms with Crippen molar-refractivity contribution >= 4 is 40.2 Å². The van der Waals surface area contributed by atoms with E-state index in [1.165, 1.54) is 12.3 Å². The Kier molecular flexibility index (Phi) is 5.56. The van der Waals surface area contributed by atoms with Crippen LogP contribution in [0.2, 0.25) is 5.02 Å². The van der Waals surface area contributed by atoms with E-state index < -0.39 is 17.1 Å². The number of aromatic amines is 3. The Morgan fingerprint density at radius 3 is 2.44 bits per heavy atom. The van der Waals surface area contributed by atoms with Crippen LogP contribution in [0.3, 0.4) is 0 Å². The van der Waals surface area contributed by atoms with Gasteiger partial charge in [-0.2, -0.15) is 0 Å². The summed E-state index contributed by atoms with van der Waals surface area (Å²) in [7, 11) is 0. The summed E-state index contributed by atoms with van der Waals surface area (Å²) in [6, 6.07) is 9.88. The number of para-hydroxylation sites is 1. The second kappa shape index (κ2) is 8.69. The molecular weight excluding hydrogens is 464 g/mol. The summed E-state index contributed by atoms with van der Waals surface area (Å²) in [6.07, 6.45) is 1.18. The van der Waals surface area contributed by atoms with Gasteiger partial charge in [0.1, 0.15) is 5.56 Å². The van der Waals surface area contributed by atoms with Crippen molar-refractivity contribution in [3.8, 4) is 11.6 Å². The van der Waals surface area contributed by atoms with Crippen LogP contribution in [0.1, 0.15) is 5.56 Å². The van der Waals surface area contributed by atoms with Crippen molar-refractivity contribution in [2.24, 2.45) is 4.99 Å². The molecule has 0 spiro atoms. The smallest absolute Gasteiger partial charge is 0.335 e. The van der Waals surface area contributed by atoms with E-state index in [1.54, 1.807) is 30.3 Å². The van der Waals surface area contributed by atoms with E-state index in [2.05, 4.69) is 24.8 Å². The molecule has 0 aliphatic carbocycles. The third-order valence-corrected chi connectivity index (χ3v) is 5.83. The molecule has 12 heteroatoms. The van der Waals surface area contributed by atoms with Gasteiger partial charge in [-0.3, -0.25) is 14.8 Å². The molecule has 4 aromatic rings. The molecule has 4 N–H and O–H groups in total. The van der Waals surface area contributed by atoms with Gasteiger partial charge in [0, 0.05) is 19.3 Å². The number of H-pyrrole nitrogens is 3. The molecule has 0 radical (unpaired) electrons. The Morgan fingerprint density at radius 1 is 1.00 bits per heavy atom. The Bertz CT molecular complexity index is 1590. The molecule has 1 aliphatic rings. The second-order valence-corrected chi connectivity index (χ2v) is 8.01. The Morgan fingerprint density at radius 2 is 1.71 bits per heavy atom. The summed E-state index contributed by atoms with van der Waals surface area (Å²) in [5.41, 5.74) is 0.299. The number of ether oxygens (including phenoxy) is 1. The topological polar surface area (TPSA) is 149 Å². The number of halogens is 1. The number of nitrogens with one attached hydrogen (secondary N) is 3. The number of anilines is 1. The molecule has 34 heavy (non-hydrogen) atoms. The highest BCUT2D eigenvalue weighted by Crippen LogP contribution is 2.33. The molecule has 1 saturated heterocycles. The van der Waals surface area contributed by atoms with Crippen LogP contribution in [-0.4, -0.2) is 57.1 Å². The van der Waals surface area contributed by atoms with Gasteiger partial charge in [0.15, 0.2) is 0 Å². The molecule has 1 aliphatic heterocycles. The minimum absolute atomic E-state index is 0.206. The number of aromatic hydroxyl groups is 1. The Hall–Kier alpha value is -4.09. The van der Waals surface area contributed by atoms with E-state index in [0.717, 1.165) is 10.3 Å². The number of rotatable bonds is 4. The minimum Gasteiger partial charge on any atom is -0.493 e. The van der Waals surface area contributed by atoms with Crippen molar-refractivity contribution in [2.45, 2.75) is 0 Å². The van der Waals surface area contributed by atoms with E-state index in [9.17, 15) is 19.5 Å². The van der Waals surface area contributed by atoms with Gasteiger partial charge >= 0.3 is 11.4 Å². The molecule has 174 valence electrons. The fourth-order valence-electron chi connectivity index (χ4n) is 3.87.